The third kappa shape index (κ3) is 2.58. The van der Waals surface area contributed by atoms with Crippen LogP contribution in [0.1, 0.15) is 31.4 Å². The summed E-state index contributed by atoms with van der Waals surface area (Å²) in [6.45, 7) is 2.79. The van der Waals surface area contributed by atoms with Crippen molar-refractivity contribution in [1.82, 2.24) is 5.43 Å². The predicted molar refractivity (Wildman–Crippen MR) is 62.5 cm³/mol. The van der Waals surface area contributed by atoms with Crippen LogP contribution in [0.25, 0.3) is 0 Å². The molecule has 0 spiro atoms. The lowest BCUT2D eigenvalue weighted by Gasteiger charge is -2.25. The van der Waals surface area contributed by atoms with Crippen molar-refractivity contribution in [3.8, 4) is 0 Å². The maximum Gasteiger partial charge on any atom is 0.0810 e. The number of hydrazine groups is 1. The SMILES string of the molecule is CCOC(C1CC1)C(NN)c1ccsc1. The molecule has 3 nitrogen and oxygen atoms in total. The van der Waals surface area contributed by atoms with E-state index in [1.807, 2.05) is 6.92 Å². The second-order valence-electron chi connectivity index (χ2n) is 3.96. The second kappa shape index (κ2) is 5.07. The van der Waals surface area contributed by atoms with Gasteiger partial charge in [-0.2, -0.15) is 11.3 Å². The summed E-state index contributed by atoms with van der Waals surface area (Å²) in [6, 6.07) is 2.26. The van der Waals surface area contributed by atoms with E-state index >= 15 is 0 Å². The molecule has 1 aliphatic carbocycles. The van der Waals surface area contributed by atoms with Gasteiger partial charge in [0.1, 0.15) is 0 Å². The first-order valence-electron chi connectivity index (χ1n) is 5.46. The van der Waals surface area contributed by atoms with Crippen molar-refractivity contribution in [2.45, 2.75) is 31.9 Å². The van der Waals surface area contributed by atoms with E-state index in [2.05, 4.69) is 22.3 Å². The molecular weight excluding hydrogens is 208 g/mol. The third-order valence-electron chi connectivity index (χ3n) is 2.86. The summed E-state index contributed by atoms with van der Waals surface area (Å²) in [5.74, 6) is 6.32. The molecule has 1 saturated carbocycles. The topological polar surface area (TPSA) is 47.3 Å². The molecule has 4 heteroatoms. The highest BCUT2D eigenvalue weighted by atomic mass is 32.1. The molecule has 0 radical (unpaired) electrons. The van der Waals surface area contributed by atoms with Gasteiger partial charge in [-0.3, -0.25) is 11.3 Å². The van der Waals surface area contributed by atoms with Crippen LogP contribution in [-0.4, -0.2) is 12.7 Å². The molecule has 0 saturated heterocycles. The number of thiophene rings is 1. The fourth-order valence-corrected chi connectivity index (χ4v) is 2.65. The average molecular weight is 226 g/mol. The van der Waals surface area contributed by atoms with E-state index in [1.54, 1.807) is 11.3 Å². The first kappa shape index (κ1) is 11.1. The Hall–Kier alpha value is -0.420. The Labute approximate surface area is 94.6 Å². The van der Waals surface area contributed by atoms with E-state index in [4.69, 9.17) is 10.6 Å². The van der Waals surface area contributed by atoms with Gasteiger partial charge in [0.05, 0.1) is 12.1 Å². The predicted octanol–water partition coefficient (Wildman–Crippen LogP) is 2.07. The lowest BCUT2D eigenvalue weighted by Crippen LogP contribution is -2.39. The Bertz CT molecular complexity index is 285. The van der Waals surface area contributed by atoms with Gasteiger partial charge in [0.2, 0.25) is 0 Å². The van der Waals surface area contributed by atoms with Crippen molar-refractivity contribution < 1.29 is 4.74 Å². The molecule has 2 unspecified atom stereocenters. The van der Waals surface area contributed by atoms with Gasteiger partial charge >= 0.3 is 0 Å². The van der Waals surface area contributed by atoms with Crippen LogP contribution in [0.3, 0.4) is 0 Å². The number of rotatable bonds is 6. The van der Waals surface area contributed by atoms with Crippen LogP contribution in [-0.2, 0) is 4.74 Å². The molecule has 0 amide bonds. The van der Waals surface area contributed by atoms with Crippen LogP contribution in [0.2, 0.25) is 0 Å². The minimum atomic E-state index is 0.142. The van der Waals surface area contributed by atoms with Crippen LogP contribution in [0, 0.1) is 5.92 Å². The lowest BCUT2D eigenvalue weighted by atomic mass is 10.0. The number of hydrogen-bond donors (Lipinski definition) is 2. The summed E-state index contributed by atoms with van der Waals surface area (Å²) in [7, 11) is 0. The maximum absolute atomic E-state index is 5.80. The monoisotopic (exact) mass is 226 g/mol. The first-order chi connectivity index (χ1) is 7.36. The van der Waals surface area contributed by atoms with Gasteiger partial charge in [-0.05, 0) is 48.1 Å². The molecule has 15 heavy (non-hydrogen) atoms. The van der Waals surface area contributed by atoms with E-state index in [9.17, 15) is 0 Å². The molecule has 0 bridgehead atoms. The number of nitrogens with one attached hydrogen (secondary N) is 1. The van der Waals surface area contributed by atoms with Gasteiger partial charge in [-0.15, -0.1) is 0 Å². The molecule has 0 aliphatic heterocycles. The summed E-state index contributed by atoms with van der Waals surface area (Å²) in [5, 5.41) is 4.22. The first-order valence-corrected chi connectivity index (χ1v) is 6.41. The van der Waals surface area contributed by atoms with Gasteiger partial charge < -0.3 is 4.74 Å². The van der Waals surface area contributed by atoms with Crippen molar-refractivity contribution in [2.75, 3.05) is 6.61 Å². The van der Waals surface area contributed by atoms with E-state index in [0.717, 1.165) is 6.61 Å². The molecule has 2 rings (SSSR count). The minimum absolute atomic E-state index is 0.142. The molecule has 1 heterocycles. The van der Waals surface area contributed by atoms with Gasteiger partial charge in [0.25, 0.3) is 0 Å². The van der Waals surface area contributed by atoms with Crippen LogP contribution in [0.4, 0.5) is 0 Å². The lowest BCUT2D eigenvalue weighted by molar-refractivity contribution is 0.0186. The van der Waals surface area contributed by atoms with E-state index < -0.39 is 0 Å². The maximum atomic E-state index is 5.80. The Morgan fingerprint density at radius 3 is 2.93 bits per heavy atom. The van der Waals surface area contributed by atoms with Crippen LogP contribution >= 0.6 is 11.3 Å². The second-order valence-corrected chi connectivity index (χ2v) is 4.74. The van der Waals surface area contributed by atoms with Crippen LogP contribution < -0.4 is 11.3 Å². The van der Waals surface area contributed by atoms with Crippen LogP contribution in [0.5, 0.6) is 0 Å². The molecule has 0 aromatic carbocycles. The quantitative estimate of drug-likeness (QED) is 0.576. The highest BCUT2D eigenvalue weighted by Crippen LogP contribution is 2.40. The summed E-state index contributed by atoms with van der Waals surface area (Å²) in [6.07, 6.45) is 2.77. The number of nitrogens with two attached hydrogens (primary N) is 1. The van der Waals surface area contributed by atoms with Gasteiger partial charge in [0.15, 0.2) is 0 Å². The highest BCUT2D eigenvalue weighted by molar-refractivity contribution is 7.07. The number of ether oxygens (including phenoxy) is 1. The van der Waals surface area contributed by atoms with Gasteiger partial charge in [-0.1, -0.05) is 0 Å². The van der Waals surface area contributed by atoms with Crippen molar-refractivity contribution in [3.05, 3.63) is 22.4 Å². The van der Waals surface area contributed by atoms with Crippen LogP contribution in [0.15, 0.2) is 16.8 Å². The Kier molecular flexibility index (Phi) is 3.75. The standard InChI is InChI=1S/C11H18N2OS/c1-2-14-11(8-3-4-8)10(13-12)9-5-6-15-7-9/h5-8,10-11,13H,2-4,12H2,1H3. The van der Waals surface area contributed by atoms with Crippen molar-refractivity contribution >= 4 is 11.3 Å². The summed E-state index contributed by atoms with van der Waals surface area (Å²) < 4.78 is 5.80. The Morgan fingerprint density at radius 2 is 2.47 bits per heavy atom. The molecule has 84 valence electrons. The molecule has 3 N–H and O–H groups in total. The molecular formula is C11H18N2OS. The van der Waals surface area contributed by atoms with Crippen molar-refractivity contribution in [2.24, 2.45) is 11.8 Å². The van der Waals surface area contributed by atoms with Crippen molar-refractivity contribution in [3.63, 3.8) is 0 Å². The fraction of sp³-hybridized carbons (Fsp3) is 0.636. The molecule has 1 fully saturated rings. The minimum Gasteiger partial charge on any atom is -0.376 e. The largest absolute Gasteiger partial charge is 0.376 e. The number of hydrogen-bond acceptors (Lipinski definition) is 4. The molecule has 1 aromatic rings. The molecule has 1 aromatic heterocycles. The molecule has 2 atom stereocenters. The van der Waals surface area contributed by atoms with Gasteiger partial charge in [-0.25, -0.2) is 0 Å². The smallest absolute Gasteiger partial charge is 0.0810 e. The summed E-state index contributed by atoms with van der Waals surface area (Å²) in [5.41, 5.74) is 4.14. The van der Waals surface area contributed by atoms with E-state index in [0.29, 0.717) is 5.92 Å². The zero-order chi connectivity index (χ0) is 10.7. The fourth-order valence-electron chi connectivity index (χ4n) is 1.95. The third-order valence-corrected chi connectivity index (χ3v) is 3.56. The normalized spacial score (nSPS) is 20.1. The Balaban J connectivity index is 2.08. The zero-order valence-corrected chi connectivity index (χ0v) is 9.80. The van der Waals surface area contributed by atoms with Crippen molar-refractivity contribution in [1.29, 1.82) is 0 Å². The summed E-state index contributed by atoms with van der Waals surface area (Å²) in [4.78, 5) is 0. The van der Waals surface area contributed by atoms with Gasteiger partial charge in [0, 0.05) is 6.61 Å². The molecule has 1 aliphatic rings. The summed E-state index contributed by atoms with van der Waals surface area (Å²) >= 11 is 1.70. The van der Waals surface area contributed by atoms with E-state index in [-0.39, 0.29) is 12.1 Å². The average Bonchev–Trinajstić information content (AvgIpc) is 2.96. The Morgan fingerprint density at radius 1 is 1.67 bits per heavy atom. The highest BCUT2D eigenvalue weighted by Gasteiger charge is 2.37. The van der Waals surface area contributed by atoms with E-state index in [1.165, 1.54) is 18.4 Å². The zero-order valence-electron chi connectivity index (χ0n) is 8.98.